The molecule has 0 aliphatic rings. The van der Waals surface area contributed by atoms with Gasteiger partial charge in [-0.05, 0) is 49.4 Å². The lowest BCUT2D eigenvalue weighted by Crippen LogP contribution is -2.35. The zero-order valence-electron chi connectivity index (χ0n) is 12.8. The number of nitrogens with one attached hydrogen (secondary N) is 1. The van der Waals surface area contributed by atoms with Crippen molar-refractivity contribution in [2.75, 3.05) is 25.2 Å². The first kappa shape index (κ1) is 18.3. The topological polar surface area (TPSA) is 81.4 Å². The van der Waals surface area contributed by atoms with Crippen LogP contribution >= 0.6 is 11.8 Å². The average molecular weight is 332 g/mol. The Kier molecular flexibility index (Phi) is 7.51. The van der Waals surface area contributed by atoms with Gasteiger partial charge in [0.2, 0.25) is 10.0 Å². The molecule has 0 radical (unpaired) electrons. The molecule has 21 heavy (non-hydrogen) atoms. The van der Waals surface area contributed by atoms with Gasteiger partial charge in [-0.3, -0.25) is 0 Å². The van der Waals surface area contributed by atoms with E-state index in [-0.39, 0.29) is 10.9 Å². The molecular weight excluding hydrogens is 308 g/mol. The highest BCUT2D eigenvalue weighted by molar-refractivity contribution is 7.99. The molecule has 1 unspecified atom stereocenters. The van der Waals surface area contributed by atoms with E-state index in [9.17, 15) is 8.42 Å². The summed E-state index contributed by atoms with van der Waals surface area (Å²) in [5.41, 5.74) is 6.25. The second-order valence-corrected chi connectivity index (χ2v) is 7.70. The lowest BCUT2D eigenvalue weighted by molar-refractivity contribution is 0.413. The predicted molar refractivity (Wildman–Crippen MR) is 88.5 cm³/mol. The Morgan fingerprint density at radius 2 is 2.14 bits per heavy atom. The third-order valence-corrected chi connectivity index (χ3v) is 5.73. The highest BCUT2D eigenvalue weighted by Crippen LogP contribution is 2.22. The maximum absolute atomic E-state index is 12.5. The number of hydrogen-bond acceptors (Lipinski definition) is 5. The van der Waals surface area contributed by atoms with Crippen LogP contribution in [0.3, 0.4) is 0 Å². The van der Waals surface area contributed by atoms with Crippen molar-refractivity contribution in [3.63, 3.8) is 0 Å². The molecule has 7 heteroatoms. The first-order chi connectivity index (χ1) is 9.94. The standard InChI is InChI=1S/C14H24N2O3S2/c1-4-20-10-11(2)16-21(17,18)14-6-5-13(19-3)9-12(14)7-8-15/h5-6,9,11,16H,4,7-8,10,15H2,1-3H3. The normalized spacial score (nSPS) is 13.1. The Morgan fingerprint density at radius 3 is 2.71 bits per heavy atom. The van der Waals surface area contributed by atoms with Crippen LogP contribution in [-0.2, 0) is 16.4 Å². The smallest absolute Gasteiger partial charge is 0.241 e. The van der Waals surface area contributed by atoms with Crippen molar-refractivity contribution >= 4 is 21.8 Å². The molecule has 0 bridgehead atoms. The fraction of sp³-hybridized carbons (Fsp3) is 0.571. The first-order valence-corrected chi connectivity index (χ1v) is 9.55. The summed E-state index contributed by atoms with van der Waals surface area (Å²) in [6.07, 6.45) is 0.492. The number of rotatable bonds is 9. The summed E-state index contributed by atoms with van der Waals surface area (Å²) in [5, 5.41) is 0. The fourth-order valence-electron chi connectivity index (χ4n) is 1.95. The molecule has 0 aliphatic heterocycles. The van der Waals surface area contributed by atoms with Gasteiger partial charge in [0.15, 0.2) is 0 Å². The van der Waals surface area contributed by atoms with Crippen LogP contribution < -0.4 is 15.2 Å². The fourth-order valence-corrected chi connectivity index (χ4v) is 4.22. The van der Waals surface area contributed by atoms with Crippen LogP contribution in [-0.4, -0.2) is 39.6 Å². The maximum Gasteiger partial charge on any atom is 0.241 e. The lowest BCUT2D eigenvalue weighted by Gasteiger charge is -2.16. The van der Waals surface area contributed by atoms with Crippen LogP contribution in [0, 0.1) is 0 Å². The van der Waals surface area contributed by atoms with E-state index in [1.54, 1.807) is 37.1 Å². The minimum Gasteiger partial charge on any atom is -0.497 e. The first-order valence-electron chi connectivity index (χ1n) is 6.91. The minimum absolute atomic E-state index is 0.118. The molecule has 0 aromatic heterocycles. The molecule has 0 saturated carbocycles. The van der Waals surface area contributed by atoms with Crippen molar-refractivity contribution in [1.82, 2.24) is 4.72 Å². The maximum atomic E-state index is 12.5. The second-order valence-electron chi connectivity index (χ2n) is 4.69. The summed E-state index contributed by atoms with van der Waals surface area (Å²) < 4.78 is 32.9. The van der Waals surface area contributed by atoms with E-state index in [1.807, 2.05) is 6.92 Å². The van der Waals surface area contributed by atoms with Crippen LogP contribution in [0.15, 0.2) is 23.1 Å². The monoisotopic (exact) mass is 332 g/mol. The molecular formula is C14H24N2O3S2. The summed E-state index contributed by atoms with van der Waals surface area (Å²) in [7, 11) is -1.99. The van der Waals surface area contributed by atoms with Crippen LogP contribution in [0.4, 0.5) is 0 Å². The van der Waals surface area contributed by atoms with E-state index in [2.05, 4.69) is 11.6 Å². The molecule has 5 nitrogen and oxygen atoms in total. The number of benzene rings is 1. The van der Waals surface area contributed by atoms with E-state index < -0.39 is 10.0 Å². The molecule has 1 rings (SSSR count). The summed E-state index contributed by atoms with van der Waals surface area (Å²) in [6, 6.07) is 4.84. The van der Waals surface area contributed by atoms with Gasteiger partial charge in [0.25, 0.3) is 0 Å². The van der Waals surface area contributed by atoms with Gasteiger partial charge in [-0.1, -0.05) is 6.92 Å². The largest absolute Gasteiger partial charge is 0.497 e. The molecule has 0 heterocycles. The SMILES string of the molecule is CCSCC(C)NS(=O)(=O)c1ccc(OC)cc1CCN. The van der Waals surface area contributed by atoms with Crippen molar-refractivity contribution in [2.45, 2.75) is 31.2 Å². The highest BCUT2D eigenvalue weighted by atomic mass is 32.2. The molecule has 120 valence electrons. The average Bonchev–Trinajstić information content (AvgIpc) is 2.44. The second kappa shape index (κ2) is 8.63. The van der Waals surface area contributed by atoms with Gasteiger partial charge < -0.3 is 10.5 Å². The van der Waals surface area contributed by atoms with Gasteiger partial charge in [-0.2, -0.15) is 11.8 Å². The van der Waals surface area contributed by atoms with Gasteiger partial charge in [0.1, 0.15) is 5.75 Å². The van der Waals surface area contributed by atoms with E-state index in [1.165, 1.54) is 0 Å². The molecule has 0 saturated heterocycles. The van der Waals surface area contributed by atoms with Gasteiger partial charge >= 0.3 is 0 Å². The number of ether oxygens (including phenoxy) is 1. The number of methoxy groups -OCH3 is 1. The minimum atomic E-state index is -3.54. The Labute approximate surface area is 131 Å². The summed E-state index contributed by atoms with van der Waals surface area (Å²) >= 11 is 1.71. The third kappa shape index (κ3) is 5.50. The Morgan fingerprint density at radius 1 is 1.43 bits per heavy atom. The zero-order valence-corrected chi connectivity index (χ0v) is 14.4. The molecule has 1 aromatic carbocycles. The van der Waals surface area contributed by atoms with E-state index in [0.717, 1.165) is 11.5 Å². The van der Waals surface area contributed by atoms with Gasteiger partial charge in [-0.25, -0.2) is 13.1 Å². The number of thioether (sulfide) groups is 1. The van der Waals surface area contributed by atoms with E-state index in [0.29, 0.717) is 24.3 Å². The van der Waals surface area contributed by atoms with Gasteiger partial charge in [-0.15, -0.1) is 0 Å². The Balaban J connectivity index is 3.01. The summed E-state index contributed by atoms with van der Waals surface area (Å²) in [6.45, 7) is 4.30. The van der Waals surface area contributed by atoms with Crippen molar-refractivity contribution in [3.8, 4) is 5.75 Å². The third-order valence-electron chi connectivity index (χ3n) is 2.90. The van der Waals surface area contributed by atoms with E-state index in [4.69, 9.17) is 10.5 Å². The highest BCUT2D eigenvalue weighted by Gasteiger charge is 2.21. The van der Waals surface area contributed by atoms with Crippen molar-refractivity contribution < 1.29 is 13.2 Å². The summed E-state index contributed by atoms with van der Waals surface area (Å²) in [5.74, 6) is 2.34. The Bertz CT molecular complexity index is 547. The van der Waals surface area contributed by atoms with Crippen molar-refractivity contribution in [1.29, 1.82) is 0 Å². The quantitative estimate of drug-likeness (QED) is 0.718. The van der Waals surface area contributed by atoms with Gasteiger partial charge in [0.05, 0.1) is 12.0 Å². The van der Waals surface area contributed by atoms with Crippen LogP contribution in [0.5, 0.6) is 5.75 Å². The molecule has 0 amide bonds. The molecule has 0 aliphatic carbocycles. The molecule has 3 N–H and O–H groups in total. The summed E-state index contributed by atoms with van der Waals surface area (Å²) in [4.78, 5) is 0.280. The van der Waals surface area contributed by atoms with Crippen LogP contribution in [0.1, 0.15) is 19.4 Å². The van der Waals surface area contributed by atoms with Crippen molar-refractivity contribution in [2.24, 2.45) is 5.73 Å². The van der Waals surface area contributed by atoms with E-state index >= 15 is 0 Å². The zero-order chi connectivity index (χ0) is 15.9. The lowest BCUT2D eigenvalue weighted by atomic mass is 10.1. The predicted octanol–water partition coefficient (Wildman–Crippen LogP) is 1.62. The molecule has 0 fully saturated rings. The number of sulfonamides is 1. The van der Waals surface area contributed by atoms with Crippen LogP contribution in [0.25, 0.3) is 0 Å². The van der Waals surface area contributed by atoms with Crippen LogP contribution in [0.2, 0.25) is 0 Å². The number of hydrogen-bond donors (Lipinski definition) is 2. The molecule has 1 atom stereocenters. The molecule has 1 aromatic rings. The molecule has 0 spiro atoms. The van der Waals surface area contributed by atoms with Crippen molar-refractivity contribution in [3.05, 3.63) is 23.8 Å². The number of nitrogens with two attached hydrogens (primary N) is 1. The Hall–Kier alpha value is -0.760. The van der Waals surface area contributed by atoms with Gasteiger partial charge in [0, 0.05) is 11.8 Å².